The van der Waals surface area contributed by atoms with Crippen LogP contribution in [0.1, 0.15) is 18.1 Å². The van der Waals surface area contributed by atoms with Crippen molar-refractivity contribution in [1.82, 2.24) is 0 Å². The highest BCUT2D eigenvalue weighted by molar-refractivity contribution is 5.81. The van der Waals surface area contributed by atoms with Gasteiger partial charge in [-0.3, -0.25) is 0 Å². The molecule has 0 aromatic heterocycles. The van der Waals surface area contributed by atoms with Gasteiger partial charge in [0.25, 0.3) is 0 Å². The van der Waals surface area contributed by atoms with Crippen LogP contribution in [0.25, 0.3) is 5.57 Å². The number of methoxy groups -OCH3 is 1. The summed E-state index contributed by atoms with van der Waals surface area (Å²) < 4.78 is 18.7. The molecular weight excluding hydrogens is 251 g/mol. The van der Waals surface area contributed by atoms with Crippen LogP contribution in [0.15, 0.2) is 66.8 Å². The third kappa shape index (κ3) is 3.35. The molecule has 102 valence electrons. The van der Waals surface area contributed by atoms with Crippen molar-refractivity contribution in [2.45, 2.75) is 6.92 Å². The Labute approximate surface area is 119 Å². The molecule has 0 spiro atoms. The van der Waals surface area contributed by atoms with Crippen LogP contribution < -0.4 is 4.74 Å². The lowest BCUT2D eigenvalue weighted by atomic mass is 9.97. The molecule has 0 amide bonds. The third-order valence-corrected chi connectivity index (χ3v) is 2.97. The van der Waals surface area contributed by atoms with Crippen LogP contribution in [0.2, 0.25) is 0 Å². The molecule has 2 aromatic carbocycles. The van der Waals surface area contributed by atoms with Gasteiger partial charge in [-0.2, -0.15) is 0 Å². The Morgan fingerprint density at radius 3 is 2.40 bits per heavy atom. The summed E-state index contributed by atoms with van der Waals surface area (Å²) in [5.74, 6) is 0.544. The second kappa shape index (κ2) is 6.71. The highest BCUT2D eigenvalue weighted by Crippen LogP contribution is 2.26. The predicted octanol–water partition coefficient (Wildman–Crippen LogP) is 4.84. The number of hydrogen-bond donors (Lipinski definition) is 0. The number of hydrogen-bond acceptors (Lipinski definition) is 1. The second-order valence-electron chi connectivity index (χ2n) is 4.35. The van der Waals surface area contributed by atoms with E-state index in [1.54, 1.807) is 13.2 Å². The Balaban J connectivity index is 2.53. The van der Waals surface area contributed by atoms with E-state index in [0.717, 1.165) is 22.4 Å². The first-order chi connectivity index (χ1) is 9.74. The van der Waals surface area contributed by atoms with E-state index in [9.17, 15) is 4.39 Å². The lowest BCUT2D eigenvalue weighted by Crippen LogP contribution is -1.90. The van der Waals surface area contributed by atoms with Gasteiger partial charge in [-0.05, 0) is 47.9 Å². The van der Waals surface area contributed by atoms with Crippen molar-refractivity contribution in [2.24, 2.45) is 0 Å². The average Bonchev–Trinajstić information content (AvgIpc) is 2.48. The monoisotopic (exact) mass is 268 g/mol. The summed E-state index contributed by atoms with van der Waals surface area (Å²) in [6.07, 6.45) is 5.86. The van der Waals surface area contributed by atoms with Gasteiger partial charge in [-0.1, -0.05) is 42.5 Å². The molecule has 2 heteroatoms. The molecule has 1 nitrogen and oxygen atoms in total. The van der Waals surface area contributed by atoms with Gasteiger partial charge in [-0.25, -0.2) is 4.39 Å². The maximum absolute atomic E-state index is 13.4. The van der Waals surface area contributed by atoms with E-state index < -0.39 is 0 Å². The van der Waals surface area contributed by atoms with Crippen LogP contribution in [-0.4, -0.2) is 7.11 Å². The summed E-state index contributed by atoms with van der Waals surface area (Å²) in [6.45, 7) is 1.95. The fourth-order valence-corrected chi connectivity index (χ4v) is 2.00. The fraction of sp³-hybridized carbons (Fsp3) is 0.111. The first-order valence-corrected chi connectivity index (χ1v) is 6.48. The van der Waals surface area contributed by atoms with Gasteiger partial charge < -0.3 is 4.74 Å². The lowest BCUT2D eigenvalue weighted by molar-refractivity contribution is 0.414. The average molecular weight is 268 g/mol. The van der Waals surface area contributed by atoms with Gasteiger partial charge in [0.1, 0.15) is 11.6 Å². The summed E-state index contributed by atoms with van der Waals surface area (Å²) in [6, 6.07) is 14.4. The summed E-state index contributed by atoms with van der Waals surface area (Å²) in [5.41, 5.74) is 2.80. The predicted molar refractivity (Wildman–Crippen MR) is 81.3 cm³/mol. The van der Waals surface area contributed by atoms with Crippen LogP contribution in [0, 0.1) is 5.82 Å². The van der Waals surface area contributed by atoms with Crippen molar-refractivity contribution >= 4 is 5.57 Å². The third-order valence-electron chi connectivity index (χ3n) is 2.97. The molecule has 0 aliphatic carbocycles. The molecule has 0 radical (unpaired) electrons. The molecule has 0 fully saturated rings. The molecule has 0 bridgehead atoms. The van der Waals surface area contributed by atoms with E-state index in [-0.39, 0.29) is 5.82 Å². The topological polar surface area (TPSA) is 9.23 Å². The Morgan fingerprint density at radius 1 is 1.05 bits per heavy atom. The number of ether oxygens (including phenoxy) is 1. The van der Waals surface area contributed by atoms with Crippen LogP contribution in [0.3, 0.4) is 0 Å². The Bertz CT molecular complexity index is 641. The zero-order valence-corrected chi connectivity index (χ0v) is 11.6. The quantitative estimate of drug-likeness (QED) is 0.721. The van der Waals surface area contributed by atoms with Gasteiger partial charge in [0, 0.05) is 0 Å². The maximum Gasteiger partial charge on any atom is 0.123 e. The molecule has 0 aliphatic heterocycles. The second-order valence-corrected chi connectivity index (χ2v) is 4.35. The molecule has 0 saturated heterocycles. The maximum atomic E-state index is 13.4. The van der Waals surface area contributed by atoms with Crippen molar-refractivity contribution in [3.8, 4) is 5.75 Å². The minimum atomic E-state index is -0.239. The zero-order valence-electron chi connectivity index (χ0n) is 11.6. The van der Waals surface area contributed by atoms with Gasteiger partial charge in [0.15, 0.2) is 0 Å². The van der Waals surface area contributed by atoms with Gasteiger partial charge in [0.05, 0.1) is 7.11 Å². The Hall–Kier alpha value is -2.35. The van der Waals surface area contributed by atoms with E-state index in [1.807, 2.05) is 55.5 Å². The number of benzene rings is 2. The summed E-state index contributed by atoms with van der Waals surface area (Å²) in [5, 5.41) is 0. The molecule has 0 aliphatic rings. The first kappa shape index (κ1) is 14.1. The molecule has 2 rings (SSSR count). The summed E-state index contributed by atoms with van der Waals surface area (Å²) >= 11 is 0. The normalized spacial score (nSPS) is 11.8. The van der Waals surface area contributed by atoms with Crippen LogP contribution >= 0.6 is 0 Å². The molecule has 0 N–H and O–H groups in total. The van der Waals surface area contributed by atoms with E-state index in [1.165, 1.54) is 12.1 Å². The smallest absolute Gasteiger partial charge is 0.123 e. The minimum Gasteiger partial charge on any atom is -0.497 e. The van der Waals surface area contributed by atoms with Crippen molar-refractivity contribution in [2.75, 3.05) is 7.11 Å². The summed E-state index contributed by atoms with van der Waals surface area (Å²) in [7, 11) is 1.64. The molecular formula is C18H17FO. The minimum absolute atomic E-state index is 0.239. The molecule has 20 heavy (non-hydrogen) atoms. The van der Waals surface area contributed by atoms with Gasteiger partial charge >= 0.3 is 0 Å². The molecule has 2 aromatic rings. The zero-order chi connectivity index (χ0) is 14.4. The van der Waals surface area contributed by atoms with Crippen molar-refractivity contribution in [3.63, 3.8) is 0 Å². The van der Waals surface area contributed by atoms with Crippen molar-refractivity contribution in [1.29, 1.82) is 0 Å². The molecule has 0 unspecified atom stereocenters. The lowest BCUT2D eigenvalue weighted by Gasteiger charge is -2.09. The highest BCUT2D eigenvalue weighted by Gasteiger charge is 2.06. The standard InChI is InChI=1S/C18H17FO/c1-3-4-11-18(14-7-5-9-16(19)12-14)15-8-6-10-17(13-15)20-2/h3-13H,1-2H3/b4-3+,18-11+. The van der Waals surface area contributed by atoms with Crippen molar-refractivity contribution in [3.05, 3.63) is 83.7 Å². The first-order valence-electron chi connectivity index (χ1n) is 6.48. The number of allylic oxidation sites excluding steroid dienone is 3. The summed E-state index contributed by atoms with van der Waals surface area (Å²) in [4.78, 5) is 0. The van der Waals surface area contributed by atoms with Gasteiger partial charge in [-0.15, -0.1) is 0 Å². The van der Waals surface area contributed by atoms with E-state index >= 15 is 0 Å². The Morgan fingerprint density at radius 2 is 1.75 bits per heavy atom. The highest BCUT2D eigenvalue weighted by atomic mass is 19.1. The SMILES string of the molecule is C/C=C/C=C(\c1cccc(F)c1)c1cccc(OC)c1. The molecule has 0 heterocycles. The van der Waals surface area contributed by atoms with Crippen molar-refractivity contribution < 1.29 is 9.13 Å². The van der Waals surface area contributed by atoms with E-state index in [0.29, 0.717) is 0 Å². The fourth-order valence-electron chi connectivity index (χ4n) is 2.00. The number of halogens is 1. The van der Waals surface area contributed by atoms with E-state index in [4.69, 9.17) is 4.74 Å². The van der Waals surface area contributed by atoms with Gasteiger partial charge in [0.2, 0.25) is 0 Å². The van der Waals surface area contributed by atoms with Crippen LogP contribution in [-0.2, 0) is 0 Å². The van der Waals surface area contributed by atoms with Crippen LogP contribution in [0.4, 0.5) is 4.39 Å². The molecule has 0 atom stereocenters. The Kier molecular flexibility index (Phi) is 4.72. The largest absolute Gasteiger partial charge is 0.497 e. The van der Waals surface area contributed by atoms with Crippen LogP contribution in [0.5, 0.6) is 5.75 Å². The van der Waals surface area contributed by atoms with E-state index in [2.05, 4.69) is 0 Å². The molecule has 0 saturated carbocycles. The number of rotatable bonds is 4.